The van der Waals surface area contributed by atoms with E-state index < -0.39 is 131 Å². The van der Waals surface area contributed by atoms with Gasteiger partial charge in [0.05, 0.1) is 13.2 Å². The van der Waals surface area contributed by atoms with Crippen LogP contribution < -0.4 is 14.9 Å². The van der Waals surface area contributed by atoms with Gasteiger partial charge in [0.15, 0.2) is 17.3 Å². The van der Waals surface area contributed by atoms with E-state index in [-0.39, 0.29) is 5.56 Å². The second-order valence-electron chi connectivity index (χ2n) is 10.4. The van der Waals surface area contributed by atoms with Gasteiger partial charge in [-0.1, -0.05) is 0 Å². The highest BCUT2D eigenvalue weighted by Gasteiger charge is 2.46. The summed E-state index contributed by atoms with van der Waals surface area (Å²) in [5.74, 6) is -5.17. The van der Waals surface area contributed by atoms with Gasteiger partial charge >= 0.3 is 0 Å². The number of aliphatic hydroxyl groups excluding tert-OH is 8. The average molecular weight is 643 g/mol. The maximum Gasteiger partial charge on any atom is 0.239 e. The summed E-state index contributed by atoms with van der Waals surface area (Å²) in [5.41, 5.74) is -1.86. The summed E-state index contributed by atoms with van der Waals surface area (Å²) in [6, 6.07) is 3.51. The Kier molecular flexibility index (Phi) is 8.97. The number of rotatable bonds is 7. The number of benzene rings is 2. The molecular weight excluding hydrogens is 612 g/mol. The molecular formula is C27H30O18. The predicted octanol–water partition coefficient (Wildman–Crippen LogP) is -3.36. The fourth-order valence-corrected chi connectivity index (χ4v) is 4.98. The molecule has 0 bridgehead atoms. The Morgan fingerprint density at radius 2 is 1.11 bits per heavy atom. The first kappa shape index (κ1) is 32.4. The van der Waals surface area contributed by atoms with Crippen molar-refractivity contribution in [1.29, 1.82) is 0 Å². The lowest BCUT2D eigenvalue weighted by Gasteiger charge is -2.39. The summed E-state index contributed by atoms with van der Waals surface area (Å²) < 4.78 is 27.1. The van der Waals surface area contributed by atoms with Crippen LogP contribution in [-0.2, 0) is 9.47 Å². The third-order valence-corrected chi connectivity index (χ3v) is 7.39. The van der Waals surface area contributed by atoms with Gasteiger partial charge in [-0.3, -0.25) is 4.79 Å². The summed E-state index contributed by atoms with van der Waals surface area (Å²) in [6.07, 6.45) is -17.7. The molecule has 1 aromatic heterocycles. The SMILES string of the molecule is O=c1c(O[C@H]2O[C@H](CO)[C@@H](O)[C@H](O)[C@H]2O)c(-c2cc(O)c(O[C@H]3O[C@@H](CO)[C@H](O)[C@@H](O)[C@@H]3O)c(O)c2)oc2cc(O)cc(O)c12. The molecule has 0 radical (unpaired) electrons. The molecule has 0 spiro atoms. The van der Waals surface area contributed by atoms with Crippen molar-refractivity contribution in [3.63, 3.8) is 0 Å². The van der Waals surface area contributed by atoms with Crippen molar-refractivity contribution in [2.45, 2.75) is 61.4 Å². The number of ether oxygens (including phenoxy) is 4. The Labute approximate surface area is 250 Å². The first-order chi connectivity index (χ1) is 21.3. The van der Waals surface area contributed by atoms with Crippen LogP contribution in [0, 0.1) is 0 Å². The average Bonchev–Trinajstić information content (AvgIpc) is 2.99. The third-order valence-electron chi connectivity index (χ3n) is 7.39. The minimum Gasteiger partial charge on any atom is -0.508 e. The summed E-state index contributed by atoms with van der Waals surface area (Å²) >= 11 is 0. The zero-order valence-electron chi connectivity index (χ0n) is 22.8. The molecule has 2 aromatic carbocycles. The third kappa shape index (κ3) is 5.79. The van der Waals surface area contributed by atoms with E-state index in [9.17, 15) is 66.1 Å². The van der Waals surface area contributed by atoms with E-state index in [1.54, 1.807) is 0 Å². The van der Waals surface area contributed by atoms with Crippen molar-refractivity contribution in [3.05, 3.63) is 34.5 Å². The van der Waals surface area contributed by atoms with Gasteiger partial charge in [0.25, 0.3) is 0 Å². The fourth-order valence-electron chi connectivity index (χ4n) is 4.98. The van der Waals surface area contributed by atoms with Gasteiger partial charge in [0.1, 0.15) is 71.3 Å². The monoisotopic (exact) mass is 642 g/mol. The Hall–Kier alpha value is -3.95. The van der Waals surface area contributed by atoms with Gasteiger partial charge in [0.2, 0.25) is 29.5 Å². The number of fused-ring (bicyclic) bond motifs is 1. The van der Waals surface area contributed by atoms with Crippen LogP contribution in [0.15, 0.2) is 33.5 Å². The minimum atomic E-state index is -1.99. The molecule has 18 nitrogen and oxygen atoms in total. The molecule has 0 aliphatic carbocycles. The van der Waals surface area contributed by atoms with Gasteiger partial charge in [-0.25, -0.2) is 0 Å². The van der Waals surface area contributed by atoms with Crippen molar-refractivity contribution >= 4 is 11.0 Å². The molecule has 18 heteroatoms. The highest BCUT2D eigenvalue weighted by Crippen LogP contribution is 2.44. The number of phenols is 4. The Morgan fingerprint density at radius 1 is 0.622 bits per heavy atom. The lowest BCUT2D eigenvalue weighted by Crippen LogP contribution is -2.60. The number of aromatic hydroxyl groups is 4. The number of phenolic OH excluding ortho intramolecular Hbond substituents is 4. The molecule has 5 rings (SSSR count). The fraction of sp³-hybridized carbons (Fsp3) is 0.444. The lowest BCUT2D eigenvalue weighted by atomic mass is 9.99. The van der Waals surface area contributed by atoms with E-state index >= 15 is 0 Å². The van der Waals surface area contributed by atoms with Gasteiger partial charge in [-0.15, -0.1) is 0 Å². The van der Waals surface area contributed by atoms with Crippen molar-refractivity contribution in [2.24, 2.45) is 0 Å². The normalized spacial score (nSPS) is 32.0. The van der Waals surface area contributed by atoms with Gasteiger partial charge in [0, 0.05) is 17.7 Å². The first-order valence-corrected chi connectivity index (χ1v) is 13.3. The largest absolute Gasteiger partial charge is 0.508 e. The van der Waals surface area contributed by atoms with E-state index in [1.165, 1.54) is 0 Å². The number of hydrogen-bond donors (Lipinski definition) is 12. The first-order valence-electron chi connectivity index (χ1n) is 13.3. The highest BCUT2D eigenvalue weighted by molar-refractivity contribution is 5.88. The standard InChI is InChI=1S/C27H30O18/c28-5-13-16(34)19(37)21(39)26(42-13)44-24-10(32)1-7(2-11(24)33)23-25(18(36)15-9(31)3-8(30)4-12(15)41-23)45-27-22(40)20(38)17(35)14(6-29)43-27/h1-4,13-14,16-17,19-22,26-35,37-40H,5-6H2/t13-,14+,16-,17+,19+,20-,21-,22+,26+,27+/m0/s1. The van der Waals surface area contributed by atoms with Crippen molar-refractivity contribution in [3.8, 4) is 45.8 Å². The predicted molar refractivity (Wildman–Crippen MR) is 143 cm³/mol. The van der Waals surface area contributed by atoms with Gasteiger partial charge in [-0.2, -0.15) is 0 Å². The molecule has 2 aliphatic heterocycles. The van der Waals surface area contributed by atoms with E-state index in [0.717, 1.165) is 24.3 Å². The van der Waals surface area contributed by atoms with Gasteiger partial charge < -0.3 is 84.6 Å². The lowest BCUT2D eigenvalue weighted by molar-refractivity contribution is -0.277. The summed E-state index contributed by atoms with van der Waals surface area (Å²) in [6.45, 7) is -1.62. The molecule has 2 aliphatic rings. The van der Waals surface area contributed by atoms with Crippen LogP contribution in [-0.4, -0.2) is 136 Å². The summed E-state index contributed by atoms with van der Waals surface area (Å²) in [5, 5.41) is 121. The van der Waals surface area contributed by atoms with Crippen LogP contribution >= 0.6 is 0 Å². The highest BCUT2D eigenvalue weighted by atomic mass is 16.7. The molecule has 3 aromatic rings. The Bertz CT molecular complexity index is 1580. The van der Waals surface area contributed by atoms with Crippen LogP contribution in [0.4, 0.5) is 0 Å². The topological polar surface area (TPSA) is 310 Å². The maximum absolute atomic E-state index is 13.6. The zero-order chi connectivity index (χ0) is 32.9. The second-order valence-corrected chi connectivity index (χ2v) is 10.4. The van der Waals surface area contributed by atoms with E-state index in [1.807, 2.05) is 0 Å². The molecule has 3 heterocycles. The Morgan fingerprint density at radius 3 is 1.60 bits per heavy atom. The molecule has 12 N–H and O–H groups in total. The summed E-state index contributed by atoms with van der Waals surface area (Å²) in [7, 11) is 0. The van der Waals surface area contributed by atoms with Crippen molar-refractivity contribution in [1.82, 2.24) is 0 Å². The molecule has 0 saturated carbocycles. The van der Waals surface area contributed by atoms with Crippen LogP contribution in [0.25, 0.3) is 22.3 Å². The van der Waals surface area contributed by atoms with Crippen molar-refractivity contribution in [2.75, 3.05) is 13.2 Å². The summed E-state index contributed by atoms with van der Waals surface area (Å²) in [4.78, 5) is 13.6. The number of hydrogen-bond acceptors (Lipinski definition) is 18. The maximum atomic E-state index is 13.6. The van der Waals surface area contributed by atoms with Crippen LogP contribution in [0.1, 0.15) is 0 Å². The Balaban J connectivity index is 1.59. The molecule has 2 fully saturated rings. The smallest absolute Gasteiger partial charge is 0.239 e. The quantitative estimate of drug-likeness (QED) is 0.120. The minimum absolute atomic E-state index is 0.326. The molecule has 0 unspecified atom stereocenters. The zero-order valence-corrected chi connectivity index (χ0v) is 22.8. The van der Waals surface area contributed by atoms with Crippen LogP contribution in [0.2, 0.25) is 0 Å². The van der Waals surface area contributed by atoms with E-state index in [4.69, 9.17) is 23.4 Å². The van der Waals surface area contributed by atoms with Crippen LogP contribution in [0.3, 0.4) is 0 Å². The number of aliphatic hydroxyl groups is 8. The molecule has 45 heavy (non-hydrogen) atoms. The molecule has 246 valence electrons. The second kappa shape index (κ2) is 12.4. The van der Waals surface area contributed by atoms with Crippen LogP contribution in [0.5, 0.6) is 34.5 Å². The van der Waals surface area contributed by atoms with Crippen molar-refractivity contribution < 1.29 is 84.6 Å². The molecule has 0 amide bonds. The molecule has 2 saturated heterocycles. The van der Waals surface area contributed by atoms with E-state index in [2.05, 4.69) is 0 Å². The van der Waals surface area contributed by atoms with E-state index in [0.29, 0.717) is 0 Å². The van der Waals surface area contributed by atoms with Gasteiger partial charge in [-0.05, 0) is 12.1 Å². The molecule has 10 atom stereocenters.